The highest BCUT2D eigenvalue weighted by Crippen LogP contribution is 2.36. The van der Waals surface area contributed by atoms with Crippen molar-refractivity contribution in [3.05, 3.63) is 89.7 Å². The van der Waals surface area contributed by atoms with Crippen molar-refractivity contribution in [3.63, 3.8) is 0 Å². The maximum absolute atomic E-state index is 13.4. The summed E-state index contributed by atoms with van der Waals surface area (Å²) in [6, 6.07) is 18.9. The van der Waals surface area contributed by atoms with Gasteiger partial charge in [0.15, 0.2) is 0 Å². The first-order chi connectivity index (χ1) is 18.0. The fourth-order valence-electron chi connectivity index (χ4n) is 4.53. The number of hydrogen-bond donors (Lipinski definition) is 2. The van der Waals surface area contributed by atoms with Crippen molar-refractivity contribution in [2.24, 2.45) is 0 Å². The molecule has 190 valence electrons. The van der Waals surface area contributed by atoms with E-state index in [0.29, 0.717) is 35.0 Å². The van der Waals surface area contributed by atoms with E-state index >= 15 is 0 Å². The molecule has 4 aromatic rings. The van der Waals surface area contributed by atoms with E-state index in [9.17, 15) is 13.2 Å². The van der Waals surface area contributed by atoms with Crippen LogP contribution in [0.25, 0.3) is 22.5 Å². The van der Waals surface area contributed by atoms with Gasteiger partial charge >= 0.3 is 6.18 Å². The lowest BCUT2D eigenvalue weighted by Gasteiger charge is -2.22. The van der Waals surface area contributed by atoms with Crippen LogP contribution >= 0.6 is 0 Å². The number of benzene rings is 2. The van der Waals surface area contributed by atoms with E-state index in [1.165, 1.54) is 11.6 Å². The molecule has 1 saturated heterocycles. The number of anilines is 1. The Morgan fingerprint density at radius 2 is 1.73 bits per heavy atom. The molecule has 1 aliphatic rings. The van der Waals surface area contributed by atoms with E-state index in [1.807, 2.05) is 24.3 Å². The summed E-state index contributed by atoms with van der Waals surface area (Å²) in [5.41, 5.74) is 3.20. The van der Waals surface area contributed by atoms with E-state index in [-0.39, 0.29) is 5.92 Å². The fraction of sp³-hybridized carbons (Fsp3) is 0.286. The van der Waals surface area contributed by atoms with Gasteiger partial charge in [-0.2, -0.15) is 18.3 Å². The fourth-order valence-corrected chi connectivity index (χ4v) is 4.53. The standard InChI is InChI=1S/C28H27F3N6/c29-28(30,31)22-8-4-7-21(17-22)26-23(18-25(36-37-26)20-10-13-32-14-11-20)24-12-16-34-27(35-24)33-15-9-19-5-2-1-3-6-19/h1-8,12,16-18,20,32H,9-11,13-15H2,(H,33,34,35). The van der Waals surface area contributed by atoms with Crippen LogP contribution in [0, 0.1) is 0 Å². The van der Waals surface area contributed by atoms with Gasteiger partial charge in [0.1, 0.15) is 5.69 Å². The molecule has 1 fully saturated rings. The third-order valence-electron chi connectivity index (χ3n) is 6.50. The molecule has 6 nitrogen and oxygen atoms in total. The summed E-state index contributed by atoms with van der Waals surface area (Å²) in [5.74, 6) is 0.678. The molecule has 0 saturated carbocycles. The molecular formula is C28H27F3N6. The van der Waals surface area contributed by atoms with Gasteiger partial charge in [-0.3, -0.25) is 0 Å². The molecule has 0 aliphatic carbocycles. The van der Waals surface area contributed by atoms with Gasteiger partial charge in [0.05, 0.1) is 17.0 Å². The van der Waals surface area contributed by atoms with Gasteiger partial charge < -0.3 is 10.6 Å². The maximum atomic E-state index is 13.4. The minimum Gasteiger partial charge on any atom is -0.354 e. The number of piperidine rings is 1. The summed E-state index contributed by atoms with van der Waals surface area (Å²) >= 11 is 0. The van der Waals surface area contributed by atoms with Crippen molar-refractivity contribution in [2.75, 3.05) is 25.0 Å². The van der Waals surface area contributed by atoms with Gasteiger partial charge in [0, 0.05) is 29.8 Å². The molecule has 5 rings (SSSR count). The maximum Gasteiger partial charge on any atom is 0.416 e. The highest BCUT2D eigenvalue weighted by molar-refractivity contribution is 5.79. The molecule has 0 unspecified atom stereocenters. The van der Waals surface area contributed by atoms with Gasteiger partial charge in [0.25, 0.3) is 0 Å². The van der Waals surface area contributed by atoms with Crippen LogP contribution < -0.4 is 10.6 Å². The largest absolute Gasteiger partial charge is 0.416 e. The SMILES string of the molecule is FC(F)(F)c1cccc(-c2nnc(C3CCNCC3)cc2-c2ccnc(NCCc3ccccc3)n2)c1. The monoisotopic (exact) mass is 504 g/mol. The first kappa shape index (κ1) is 24.8. The van der Waals surface area contributed by atoms with Crippen LogP contribution in [0.2, 0.25) is 0 Å². The van der Waals surface area contributed by atoms with Crippen LogP contribution in [-0.4, -0.2) is 39.8 Å². The lowest BCUT2D eigenvalue weighted by atomic mass is 9.92. The van der Waals surface area contributed by atoms with E-state index in [4.69, 9.17) is 4.98 Å². The van der Waals surface area contributed by atoms with Crippen molar-refractivity contribution >= 4 is 5.95 Å². The molecule has 0 amide bonds. The molecule has 0 atom stereocenters. The van der Waals surface area contributed by atoms with Gasteiger partial charge in [0.2, 0.25) is 5.95 Å². The summed E-state index contributed by atoms with van der Waals surface area (Å²) in [7, 11) is 0. The van der Waals surface area contributed by atoms with Crippen LogP contribution in [0.5, 0.6) is 0 Å². The first-order valence-electron chi connectivity index (χ1n) is 12.3. The Labute approximate surface area is 213 Å². The number of halogens is 3. The summed E-state index contributed by atoms with van der Waals surface area (Å²) < 4.78 is 40.3. The number of nitrogens with zero attached hydrogens (tertiary/aromatic N) is 4. The number of nitrogens with one attached hydrogen (secondary N) is 2. The zero-order valence-corrected chi connectivity index (χ0v) is 20.2. The van der Waals surface area contributed by atoms with Crippen molar-refractivity contribution in [3.8, 4) is 22.5 Å². The molecule has 0 bridgehead atoms. The Morgan fingerprint density at radius 1 is 0.919 bits per heavy atom. The zero-order chi connectivity index (χ0) is 25.7. The summed E-state index contributed by atoms with van der Waals surface area (Å²) in [6.07, 6.45) is -0.155. The minimum atomic E-state index is -4.45. The van der Waals surface area contributed by atoms with Gasteiger partial charge in [-0.05, 0) is 62.2 Å². The van der Waals surface area contributed by atoms with Crippen LogP contribution in [-0.2, 0) is 12.6 Å². The lowest BCUT2D eigenvalue weighted by molar-refractivity contribution is -0.137. The van der Waals surface area contributed by atoms with Crippen LogP contribution in [0.15, 0.2) is 72.9 Å². The highest BCUT2D eigenvalue weighted by Gasteiger charge is 2.31. The lowest BCUT2D eigenvalue weighted by Crippen LogP contribution is -2.27. The van der Waals surface area contributed by atoms with Gasteiger partial charge in [-0.25, -0.2) is 9.97 Å². The number of aromatic nitrogens is 4. The molecule has 3 heterocycles. The topological polar surface area (TPSA) is 75.6 Å². The molecule has 0 spiro atoms. The van der Waals surface area contributed by atoms with Crippen LogP contribution in [0.1, 0.15) is 35.6 Å². The molecule has 0 radical (unpaired) electrons. The summed E-state index contributed by atoms with van der Waals surface area (Å²) in [5, 5.41) is 15.5. The second-order valence-electron chi connectivity index (χ2n) is 9.06. The normalized spacial score (nSPS) is 14.5. The molecular weight excluding hydrogens is 477 g/mol. The molecule has 1 aliphatic heterocycles. The highest BCUT2D eigenvalue weighted by atomic mass is 19.4. The van der Waals surface area contributed by atoms with E-state index in [2.05, 4.69) is 37.9 Å². The predicted octanol–water partition coefficient (Wildman–Crippen LogP) is 5.74. The molecule has 2 aromatic heterocycles. The van der Waals surface area contributed by atoms with Crippen molar-refractivity contribution in [1.82, 2.24) is 25.5 Å². The van der Waals surface area contributed by atoms with Gasteiger partial charge in [-0.15, -0.1) is 5.10 Å². The molecule has 37 heavy (non-hydrogen) atoms. The third kappa shape index (κ3) is 6.11. The van der Waals surface area contributed by atoms with Crippen molar-refractivity contribution in [1.29, 1.82) is 0 Å². The summed E-state index contributed by atoms with van der Waals surface area (Å²) in [4.78, 5) is 9.04. The molecule has 2 aromatic carbocycles. The van der Waals surface area contributed by atoms with Crippen LogP contribution in [0.3, 0.4) is 0 Å². The third-order valence-corrected chi connectivity index (χ3v) is 6.50. The van der Waals surface area contributed by atoms with Crippen LogP contribution in [0.4, 0.5) is 19.1 Å². The average molecular weight is 505 g/mol. The van der Waals surface area contributed by atoms with Crippen molar-refractivity contribution in [2.45, 2.75) is 31.4 Å². The van der Waals surface area contributed by atoms with E-state index in [1.54, 1.807) is 18.3 Å². The van der Waals surface area contributed by atoms with E-state index in [0.717, 1.165) is 50.2 Å². The Bertz CT molecular complexity index is 1340. The smallest absolute Gasteiger partial charge is 0.354 e. The quantitative estimate of drug-likeness (QED) is 0.334. The van der Waals surface area contributed by atoms with Crippen molar-refractivity contribution < 1.29 is 13.2 Å². The Morgan fingerprint density at radius 3 is 2.51 bits per heavy atom. The number of rotatable bonds is 7. The predicted molar refractivity (Wildman–Crippen MR) is 137 cm³/mol. The first-order valence-corrected chi connectivity index (χ1v) is 12.3. The minimum absolute atomic E-state index is 0.230. The average Bonchev–Trinajstić information content (AvgIpc) is 2.94. The second-order valence-corrected chi connectivity index (χ2v) is 9.06. The molecule has 2 N–H and O–H groups in total. The Hall–Kier alpha value is -3.85. The molecule has 9 heteroatoms. The number of alkyl halides is 3. The summed E-state index contributed by atoms with van der Waals surface area (Å²) in [6.45, 7) is 2.42. The van der Waals surface area contributed by atoms with Gasteiger partial charge in [-0.1, -0.05) is 42.5 Å². The zero-order valence-electron chi connectivity index (χ0n) is 20.2. The number of hydrogen-bond acceptors (Lipinski definition) is 6. The Balaban J connectivity index is 1.49. The Kier molecular flexibility index (Phi) is 7.41. The van der Waals surface area contributed by atoms with E-state index < -0.39 is 11.7 Å². The second kappa shape index (κ2) is 11.0.